The number of unbranched alkanes of at least 4 members (excludes halogenated alkanes) is 7. The first-order chi connectivity index (χ1) is 18.3. The quantitative estimate of drug-likeness (QED) is 0.0991. The summed E-state index contributed by atoms with van der Waals surface area (Å²) < 4.78 is 12.8. The molecule has 0 aliphatic carbocycles. The van der Waals surface area contributed by atoms with Crippen molar-refractivity contribution in [3.63, 3.8) is 0 Å². The van der Waals surface area contributed by atoms with E-state index in [-0.39, 0.29) is 18.0 Å². The third kappa shape index (κ3) is 13.5. The van der Waals surface area contributed by atoms with Crippen LogP contribution in [0.2, 0.25) is 0 Å². The highest BCUT2D eigenvalue weighted by molar-refractivity contribution is 5.71. The van der Waals surface area contributed by atoms with Crippen LogP contribution in [0.25, 0.3) is 0 Å². The van der Waals surface area contributed by atoms with Crippen molar-refractivity contribution >= 4 is 5.97 Å². The monoisotopic (exact) mass is 524 g/mol. The van der Waals surface area contributed by atoms with Crippen molar-refractivity contribution in [2.24, 2.45) is 5.92 Å². The molecule has 0 heterocycles. The third-order valence-corrected chi connectivity index (χ3v) is 7.41. The summed E-state index contributed by atoms with van der Waals surface area (Å²) in [7, 11) is 4.43. The topological polar surface area (TPSA) is 35.5 Å². The molecule has 2 aromatic carbocycles. The molecule has 0 radical (unpaired) electrons. The van der Waals surface area contributed by atoms with Crippen molar-refractivity contribution in [3.8, 4) is 5.75 Å². The molecule has 0 aliphatic rings. The van der Waals surface area contributed by atoms with E-state index in [0.717, 1.165) is 42.6 Å². The number of aryl methyl sites for hydroxylation is 1. The van der Waals surface area contributed by atoms with Crippen LogP contribution in [-0.2, 0) is 22.5 Å². The molecule has 0 N–H and O–H groups in total. The number of nitrogens with zero attached hydrogens (tertiary/aromatic N) is 1. The van der Waals surface area contributed by atoms with Gasteiger partial charge in [0.25, 0.3) is 0 Å². The number of rotatable bonds is 20. The fourth-order valence-corrected chi connectivity index (χ4v) is 4.80. The van der Waals surface area contributed by atoms with Gasteiger partial charge in [-0.2, -0.15) is 0 Å². The molecule has 0 saturated heterocycles. The highest BCUT2D eigenvalue weighted by atomic mass is 16.6. The number of carbonyl (C=O) groups is 1. The number of hydrogen-bond donors (Lipinski definition) is 0. The zero-order chi connectivity index (χ0) is 27.6. The molecule has 212 valence electrons. The first-order valence-electron chi connectivity index (χ1n) is 15.1. The maximum absolute atomic E-state index is 12.7. The molecule has 0 amide bonds. The largest absolute Gasteiger partial charge is 0.487 e. The molecule has 0 spiro atoms. The summed E-state index contributed by atoms with van der Waals surface area (Å²) in [5.41, 5.74) is 2.64. The summed E-state index contributed by atoms with van der Waals surface area (Å²) in [6.07, 6.45) is 13.2. The van der Waals surface area contributed by atoms with Crippen LogP contribution in [0.1, 0.15) is 96.1 Å². The minimum atomic E-state index is -0.130. The lowest BCUT2D eigenvalue weighted by Gasteiger charge is -2.30. The van der Waals surface area contributed by atoms with Gasteiger partial charge in [-0.15, -0.1) is 0 Å². The molecule has 4 heteroatoms. The summed E-state index contributed by atoms with van der Waals surface area (Å²) in [6.45, 7) is 8.49. The molecule has 4 nitrogen and oxygen atoms in total. The van der Waals surface area contributed by atoms with E-state index in [1.807, 2.05) is 19.1 Å². The molecule has 2 aromatic rings. The Hall–Kier alpha value is -2.33. The lowest BCUT2D eigenvalue weighted by Crippen LogP contribution is -2.40. The van der Waals surface area contributed by atoms with Crippen LogP contribution in [-0.4, -0.2) is 43.8 Å². The van der Waals surface area contributed by atoms with E-state index in [1.165, 1.54) is 62.5 Å². The Bertz CT molecular complexity index is 896. The van der Waals surface area contributed by atoms with Crippen molar-refractivity contribution in [2.75, 3.05) is 27.2 Å². The van der Waals surface area contributed by atoms with Gasteiger partial charge in [0.1, 0.15) is 25.0 Å². The second-order valence-corrected chi connectivity index (χ2v) is 11.6. The van der Waals surface area contributed by atoms with Crippen molar-refractivity contribution in [3.05, 3.63) is 65.7 Å². The zero-order valence-corrected chi connectivity index (χ0v) is 24.9. The number of benzene rings is 2. The van der Waals surface area contributed by atoms with Gasteiger partial charge < -0.3 is 14.0 Å². The van der Waals surface area contributed by atoms with Gasteiger partial charge in [-0.05, 0) is 37.0 Å². The van der Waals surface area contributed by atoms with E-state index in [1.54, 1.807) is 0 Å². The third-order valence-electron chi connectivity index (χ3n) is 7.41. The van der Waals surface area contributed by atoms with E-state index in [4.69, 9.17) is 9.47 Å². The van der Waals surface area contributed by atoms with E-state index in [9.17, 15) is 4.79 Å². The highest BCUT2D eigenvalue weighted by Crippen LogP contribution is 2.19. The summed E-state index contributed by atoms with van der Waals surface area (Å²) in [5.74, 6) is 0.615. The molecule has 38 heavy (non-hydrogen) atoms. The molecule has 2 atom stereocenters. The Morgan fingerprint density at radius 3 is 2.18 bits per heavy atom. The smallest absolute Gasteiger partial charge is 0.309 e. The molecule has 0 saturated carbocycles. The fraction of sp³-hybridized carbons (Fsp3) is 0.618. The van der Waals surface area contributed by atoms with E-state index in [2.05, 4.69) is 70.4 Å². The average molecular weight is 525 g/mol. The molecule has 2 unspecified atom stereocenters. The van der Waals surface area contributed by atoms with Gasteiger partial charge in [-0.3, -0.25) is 4.79 Å². The Morgan fingerprint density at radius 2 is 1.50 bits per heavy atom. The van der Waals surface area contributed by atoms with Gasteiger partial charge in [0.15, 0.2) is 0 Å². The molecular formula is C34H54NO3+. The maximum atomic E-state index is 12.7. The Labute approximate surface area is 233 Å². The lowest BCUT2D eigenvalue weighted by atomic mass is 10.0. The molecular weight excluding hydrogens is 470 g/mol. The molecule has 2 rings (SSSR count). The average Bonchev–Trinajstić information content (AvgIpc) is 2.91. The molecule has 0 fully saturated rings. The predicted molar refractivity (Wildman–Crippen MR) is 159 cm³/mol. The van der Waals surface area contributed by atoms with Gasteiger partial charge in [0, 0.05) is 12.0 Å². The minimum absolute atomic E-state index is 0.129. The second kappa shape index (κ2) is 18.0. The number of quaternary nitrogens is 1. The van der Waals surface area contributed by atoms with Crippen LogP contribution < -0.4 is 4.74 Å². The van der Waals surface area contributed by atoms with Crippen LogP contribution in [0, 0.1) is 5.92 Å². The van der Waals surface area contributed by atoms with E-state index in [0.29, 0.717) is 6.61 Å². The van der Waals surface area contributed by atoms with Crippen LogP contribution in [0.4, 0.5) is 0 Å². The number of carbonyl (C=O) groups excluding carboxylic acids is 1. The van der Waals surface area contributed by atoms with Crippen LogP contribution >= 0.6 is 0 Å². The molecule has 0 aromatic heterocycles. The van der Waals surface area contributed by atoms with E-state index >= 15 is 0 Å². The van der Waals surface area contributed by atoms with Crippen molar-refractivity contribution in [2.45, 2.75) is 104 Å². The second-order valence-electron chi connectivity index (χ2n) is 11.6. The SMILES string of the molecule is CCCCCCCCCCc1cccc(OC(CC)COC(=O)C(C)CC[N+](C)(C)Cc2ccccc2)c1. The number of hydrogen-bond acceptors (Lipinski definition) is 3. The van der Waals surface area contributed by atoms with Crippen molar-refractivity contribution in [1.29, 1.82) is 0 Å². The Morgan fingerprint density at radius 1 is 0.842 bits per heavy atom. The van der Waals surface area contributed by atoms with E-state index < -0.39 is 0 Å². The van der Waals surface area contributed by atoms with Gasteiger partial charge in [-0.1, -0.05) is 108 Å². The van der Waals surface area contributed by atoms with Gasteiger partial charge in [0.05, 0.1) is 26.6 Å². The first kappa shape index (κ1) is 31.9. The van der Waals surface area contributed by atoms with Crippen LogP contribution in [0.5, 0.6) is 5.75 Å². The summed E-state index contributed by atoms with van der Waals surface area (Å²) in [5, 5.41) is 0. The van der Waals surface area contributed by atoms with Gasteiger partial charge in [-0.25, -0.2) is 0 Å². The number of ether oxygens (including phenoxy) is 2. The van der Waals surface area contributed by atoms with Crippen molar-refractivity contribution < 1.29 is 18.8 Å². The van der Waals surface area contributed by atoms with Crippen molar-refractivity contribution in [1.82, 2.24) is 0 Å². The maximum Gasteiger partial charge on any atom is 0.309 e. The summed E-state index contributed by atoms with van der Waals surface area (Å²) in [4.78, 5) is 12.7. The summed E-state index contributed by atoms with van der Waals surface area (Å²) >= 11 is 0. The van der Waals surface area contributed by atoms with Crippen LogP contribution in [0.3, 0.4) is 0 Å². The molecule has 0 bridgehead atoms. The normalized spacial score (nSPS) is 13.2. The first-order valence-corrected chi connectivity index (χ1v) is 15.1. The predicted octanol–water partition coefficient (Wildman–Crippen LogP) is 8.37. The minimum Gasteiger partial charge on any atom is -0.487 e. The number of esters is 1. The standard InChI is InChI=1S/C34H54NO3/c1-6-8-9-10-11-12-13-15-19-30-22-18-23-33(26-30)38-32(7-2)28-37-34(36)29(3)24-25-35(4,5)27-31-20-16-14-17-21-31/h14,16-18,20-23,26,29,32H,6-13,15,19,24-25,27-28H2,1-5H3/q+1. The van der Waals surface area contributed by atoms with Gasteiger partial charge >= 0.3 is 5.97 Å². The lowest BCUT2D eigenvalue weighted by molar-refractivity contribution is -0.904. The van der Waals surface area contributed by atoms with Crippen LogP contribution in [0.15, 0.2) is 54.6 Å². The fourth-order valence-electron chi connectivity index (χ4n) is 4.80. The van der Waals surface area contributed by atoms with Gasteiger partial charge in [0.2, 0.25) is 0 Å². The molecule has 0 aliphatic heterocycles. The summed E-state index contributed by atoms with van der Waals surface area (Å²) in [6, 6.07) is 19.0. The Balaban J connectivity index is 1.70. The zero-order valence-electron chi connectivity index (χ0n) is 24.9. The highest BCUT2D eigenvalue weighted by Gasteiger charge is 2.22. The Kier molecular flexibility index (Phi) is 15.1.